The molecular weight excluding hydrogens is 206 g/mol. The van der Waals surface area contributed by atoms with Gasteiger partial charge in [0, 0.05) is 16.8 Å². The fourth-order valence-electron chi connectivity index (χ4n) is 1.35. The van der Waals surface area contributed by atoms with Gasteiger partial charge in [0.15, 0.2) is 5.13 Å². The molecule has 0 bridgehead atoms. The molecule has 78 valence electrons. The van der Waals surface area contributed by atoms with E-state index in [4.69, 9.17) is 5.73 Å². The van der Waals surface area contributed by atoms with E-state index in [-0.39, 0.29) is 0 Å². The minimum absolute atomic E-state index is 0.786. The van der Waals surface area contributed by atoms with Gasteiger partial charge in [0.25, 0.3) is 0 Å². The largest absolute Gasteiger partial charge is 0.399 e. The van der Waals surface area contributed by atoms with Crippen molar-refractivity contribution in [3.8, 4) is 0 Å². The molecule has 2 aromatic rings. The number of aryl methyl sites for hydroxylation is 2. The van der Waals surface area contributed by atoms with Gasteiger partial charge in [0.05, 0.1) is 5.69 Å². The summed E-state index contributed by atoms with van der Waals surface area (Å²) in [6.45, 7) is 4.01. The normalized spacial score (nSPS) is 10.3. The van der Waals surface area contributed by atoms with E-state index in [1.165, 1.54) is 0 Å². The van der Waals surface area contributed by atoms with Gasteiger partial charge in [-0.2, -0.15) is 0 Å². The third kappa shape index (κ3) is 2.27. The molecule has 1 aromatic carbocycles. The summed E-state index contributed by atoms with van der Waals surface area (Å²) in [7, 11) is 0. The predicted molar refractivity (Wildman–Crippen MR) is 65.7 cm³/mol. The number of benzene rings is 1. The molecule has 0 atom stereocenters. The number of hydrogen-bond donors (Lipinski definition) is 2. The summed E-state index contributed by atoms with van der Waals surface area (Å²) in [5.41, 5.74) is 9.69. The second-order valence-electron chi connectivity index (χ2n) is 3.49. The van der Waals surface area contributed by atoms with Crippen LogP contribution in [0.4, 0.5) is 16.5 Å². The Morgan fingerprint density at radius 2 is 2.13 bits per heavy atom. The van der Waals surface area contributed by atoms with Gasteiger partial charge < -0.3 is 11.1 Å². The zero-order valence-electron chi connectivity index (χ0n) is 8.74. The lowest BCUT2D eigenvalue weighted by Crippen LogP contribution is -1.94. The van der Waals surface area contributed by atoms with E-state index in [2.05, 4.69) is 10.3 Å². The second kappa shape index (κ2) is 3.90. The van der Waals surface area contributed by atoms with E-state index in [9.17, 15) is 0 Å². The van der Waals surface area contributed by atoms with E-state index in [1.807, 2.05) is 37.4 Å². The predicted octanol–water partition coefficient (Wildman–Crippen LogP) is 3.09. The molecule has 2 rings (SSSR count). The summed E-state index contributed by atoms with van der Waals surface area (Å²) in [5, 5.41) is 6.21. The van der Waals surface area contributed by atoms with Gasteiger partial charge in [-0.25, -0.2) is 4.98 Å². The fraction of sp³-hybridized carbons (Fsp3) is 0.182. The fourth-order valence-corrected chi connectivity index (χ4v) is 2.05. The lowest BCUT2D eigenvalue weighted by atomic mass is 10.2. The summed E-state index contributed by atoms with van der Waals surface area (Å²) in [6.07, 6.45) is 0. The van der Waals surface area contributed by atoms with E-state index in [0.29, 0.717) is 0 Å². The quantitative estimate of drug-likeness (QED) is 0.763. The molecule has 4 heteroatoms. The van der Waals surface area contributed by atoms with Gasteiger partial charge in [-0.15, -0.1) is 11.3 Å². The van der Waals surface area contributed by atoms with Crippen molar-refractivity contribution in [1.29, 1.82) is 0 Å². The Morgan fingerprint density at radius 3 is 2.73 bits per heavy atom. The summed E-state index contributed by atoms with van der Waals surface area (Å²) >= 11 is 1.60. The minimum Gasteiger partial charge on any atom is -0.399 e. The molecule has 0 aliphatic rings. The Hall–Kier alpha value is -1.55. The lowest BCUT2D eigenvalue weighted by Gasteiger charge is -2.06. The molecule has 0 aliphatic heterocycles. The van der Waals surface area contributed by atoms with Crippen molar-refractivity contribution < 1.29 is 0 Å². The summed E-state index contributed by atoms with van der Waals surface area (Å²) in [4.78, 5) is 4.35. The topological polar surface area (TPSA) is 50.9 Å². The molecule has 0 fully saturated rings. The number of aromatic nitrogens is 1. The average Bonchev–Trinajstić information content (AvgIpc) is 2.56. The third-order valence-electron chi connectivity index (χ3n) is 2.11. The number of nitrogens with one attached hydrogen (secondary N) is 1. The number of nitrogens with two attached hydrogens (primary N) is 1. The molecule has 1 heterocycles. The Balaban J connectivity index is 2.24. The van der Waals surface area contributed by atoms with Crippen molar-refractivity contribution >= 4 is 27.8 Å². The van der Waals surface area contributed by atoms with Crippen molar-refractivity contribution in [1.82, 2.24) is 4.98 Å². The van der Waals surface area contributed by atoms with Crippen LogP contribution in [0.3, 0.4) is 0 Å². The van der Waals surface area contributed by atoms with Crippen LogP contribution in [0.5, 0.6) is 0 Å². The van der Waals surface area contributed by atoms with Crippen LogP contribution in [0.2, 0.25) is 0 Å². The molecule has 3 N–H and O–H groups in total. The number of hydrogen-bond acceptors (Lipinski definition) is 4. The van der Waals surface area contributed by atoms with Crippen molar-refractivity contribution in [3.63, 3.8) is 0 Å². The number of nitrogens with zero attached hydrogens (tertiary/aromatic N) is 1. The van der Waals surface area contributed by atoms with Gasteiger partial charge in [-0.05, 0) is 37.6 Å². The zero-order chi connectivity index (χ0) is 10.8. The Bertz CT molecular complexity index is 476. The van der Waals surface area contributed by atoms with Crippen molar-refractivity contribution in [2.24, 2.45) is 0 Å². The van der Waals surface area contributed by atoms with E-state index in [0.717, 1.165) is 27.8 Å². The SMILES string of the molecule is Cc1csc(Nc2ccc(N)cc2C)n1. The maximum Gasteiger partial charge on any atom is 0.187 e. The highest BCUT2D eigenvalue weighted by Gasteiger charge is 2.01. The third-order valence-corrected chi connectivity index (χ3v) is 2.99. The van der Waals surface area contributed by atoms with Crippen LogP contribution in [0.25, 0.3) is 0 Å². The Labute approximate surface area is 93.0 Å². The molecule has 0 unspecified atom stereocenters. The highest BCUT2D eigenvalue weighted by molar-refractivity contribution is 7.13. The molecule has 15 heavy (non-hydrogen) atoms. The lowest BCUT2D eigenvalue weighted by molar-refractivity contribution is 1.26. The van der Waals surface area contributed by atoms with Gasteiger partial charge in [-0.1, -0.05) is 0 Å². The standard InChI is InChI=1S/C11H13N3S/c1-7-5-9(12)3-4-10(7)14-11-13-8(2)6-15-11/h3-6H,12H2,1-2H3,(H,13,14). The van der Waals surface area contributed by atoms with Crippen molar-refractivity contribution in [2.75, 3.05) is 11.1 Å². The molecule has 0 aliphatic carbocycles. The number of thiazole rings is 1. The van der Waals surface area contributed by atoms with Gasteiger partial charge in [0.2, 0.25) is 0 Å². The Kier molecular flexibility index (Phi) is 2.60. The van der Waals surface area contributed by atoms with Crippen LogP contribution in [-0.4, -0.2) is 4.98 Å². The monoisotopic (exact) mass is 219 g/mol. The molecule has 1 aromatic heterocycles. The second-order valence-corrected chi connectivity index (χ2v) is 4.35. The number of nitrogen functional groups attached to an aromatic ring is 1. The van der Waals surface area contributed by atoms with Gasteiger partial charge in [-0.3, -0.25) is 0 Å². The van der Waals surface area contributed by atoms with Crippen LogP contribution >= 0.6 is 11.3 Å². The summed E-state index contributed by atoms with van der Waals surface area (Å²) < 4.78 is 0. The van der Waals surface area contributed by atoms with E-state index >= 15 is 0 Å². The van der Waals surface area contributed by atoms with Gasteiger partial charge in [0.1, 0.15) is 0 Å². The molecule has 0 saturated heterocycles. The highest BCUT2D eigenvalue weighted by atomic mass is 32.1. The molecular formula is C11H13N3S. The number of anilines is 3. The first kappa shape index (κ1) is 9.98. The molecule has 0 radical (unpaired) electrons. The molecule has 0 amide bonds. The Morgan fingerprint density at radius 1 is 1.33 bits per heavy atom. The van der Waals surface area contributed by atoms with Crippen LogP contribution in [0, 0.1) is 13.8 Å². The first-order valence-electron chi connectivity index (χ1n) is 4.70. The maximum absolute atomic E-state index is 5.68. The molecule has 0 saturated carbocycles. The van der Waals surface area contributed by atoms with Crippen LogP contribution < -0.4 is 11.1 Å². The van der Waals surface area contributed by atoms with Crippen molar-refractivity contribution in [3.05, 3.63) is 34.8 Å². The van der Waals surface area contributed by atoms with Crippen molar-refractivity contribution in [2.45, 2.75) is 13.8 Å². The van der Waals surface area contributed by atoms with Gasteiger partial charge >= 0.3 is 0 Å². The summed E-state index contributed by atoms with van der Waals surface area (Å²) in [6, 6.07) is 5.81. The van der Waals surface area contributed by atoms with Crippen LogP contribution in [0.1, 0.15) is 11.3 Å². The van der Waals surface area contributed by atoms with E-state index in [1.54, 1.807) is 11.3 Å². The highest BCUT2D eigenvalue weighted by Crippen LogP contribution is 2.24. The smallest absolute Gasteiger partial charge is 0.187 e. The summed E-state index contributed by atoms with van der Waals surface area (Å²) in [5.74, 6) is 0. The molecule has 0 spiro atoms. The van der Waals surface area contributed by atoms with Crippen LogP contribution in [-0.2, 0) is 0 Å². The average molecular weight is 219 g/mol. The molecule has 3 nitrogen and oxygen atoms in total. The zero-order valence-corrected chi connectivity index (χ0v) is 9.56. The minimum atomic E-state index is 0.786. The van der Waals surface area contributed by atoms with Crippen LogP contribution in [0.15, 0.2) is 23.6 Å². The number of rotatable bonds is 2. The maximum atomic E-state index is 5.68. The first-order chi connectivity index (χ1) is 7.15. The first-order valence-corrected chi connectivity index (χ1v) is 5.58. The van der Waals surface area contributed by atoms with E-state index < -0.39 is 0 Å².